The van der Waals surface area contributed by atoms with E-state index < -0.39 is 5.41 Å². The molecule has 174 valence electrons. The van der Waals surface area contributed by atoms with Crippen LogP contribution in [-0.2, 0) is 11.2 Å². The van der Waals surface area contributed by atoms with Crippen molar-refractivity contribution in [3.05, 3.63) is 83.8 Å². The Morgan fingerprint density at radius 2 is 1.85 bits per heavy atom. The molecular weight excluding hydrogens is 420 g/mol. The van der Waals surface area contributed by atoms with Gasteiger partial charge in [-0.25, -0.2) is 4.98 Å². The monoisotopic (exact) mass is 452 g/mol. The molecule has 2 aliphatic rings. The summed E-state index contributed by atoms with van der Waals surface area (Å²) in [5.74, 6) is 0.0850. The molecule has 1 aromatic heterocycles. The van der Waals surface area contributed by atoms with Crippen LogP contribution < -0.4 is 10.6 Å². The summed E-state index contributed by atoms with van der Waals surface area (Å²) in [4.78, 5) is 25.9. The molecule has 2 N–H and O–H groups in total. The molecule has 5 heteroatoms. The number of aromatic nitrogens is 2. The van der Waals surface area contributed by atoms with Crippen LogP contribution in [-0.4, -0.2) is 28.8 Å². The fraction of sp³-hybridized carbons (Fsp3) is 0.345. The van der Waals surface area contributed by atoms with E-state index in [2.05, 4.69) is 41.3 Å². The van der Waals surface area contributed by atoms with Gasteiger partial charge in [0.05, 0.1) is 29.3 Å². The van der Waals surface area contributed by atoms with Gasteiger partial charge in [-0.3, -0.25) is 9.78 Å². The van der Waals surface area contributed by atoms with Crippen LogP contribution in [0, 0.1) is 5.41 Å². The van der Waals surface area contributed by atoms with Crippen molar-refractivity contribution in [3.63, 3.8) is 0 Å². The summed E-state index contributed by atoms with van der Waals surface area (Å²) in [6.45, 7) is 6.19. The Kier molecular flexibility index (Phi) is 6.05. The number of benzene rings is 2. The van der Waals surface area contributed by atoms with Gasteiger partial charge in [-0.15, -0.1) is 0 Å². The maximum Gasteiger partial charge on any atom is 0.170 e. The highest BCUT2D eigenvalue weighted by atomic mass is 16.1. The molecular formula is C29H32N4O. The summed E-state index contributed by atoms with van der Waals surface area (Å²) < 4.78 is 0. The number of anilines is 1. The number of ketones is 1. The van der Waals surface area contributed by atoms with Crippen molar-refractivity contribution in [1.82, 2.24) is 9.97 Å². The molecule has 3 aromatic rings. The second kappa shape index (κ2) is 9.15. The number of hydrogen-bond donors (Lipinski definition) is 1. The Morgan fingerprint density at radius 3 is 2.62 bits per heavy atom. The highest BCUT2D eigenvalue weighted by Gasteiger charge is 2.35. The third-order valence-electron chi connectivity index (χ3n) is 6.94. The number of rotatable bonds is 6. The van der Waals surface area contributed by atoms with Crippen LogP contribution in [0.5, 0.6) is 0 Å². The summed E-state index contributed by atoms with van der Waals surface area (Å²) in [7, 11) is 0. The standard InChI is InChI=1S/C29H32N4O/c1-29(2,18-20-9-4-3-5-10-20)28(34)23-13-14-24(30)27-26(23)32-25(19-31-27)21-11-8-12-22(17-21)33-15-6-7-16-33/h3-5,8-13,17,19,24H,6-7,14-16,18,30H2,1-2H3. The molecule has 1 atom stereocenters. The zero-order valence-corrected chi connectivity index (χ0v) is 20.0. The molecule has 0 amide bonds. The van der Waals surface area contributed by atoms with Crippen LogP contribution in [0.2, 0.25) is 0 Å². The van der Waals surface area contributed by atoms with Crippen LogP contribution >= 0.6 is 0 Å². The molecule has 5 rings (SSSR count). The molecule has 34 heavy (non-hydrogen) atoms. The van der Waals surface area contributed by atoms with E-state index >= 15 is 0 Å². The van der Waals surface area contributed by atoms with E-state index in [1.165, 1.54) is 18.5 Å². The van der Waals surface area contributed by atoms with E-state index in [-0.39, 0.29) is 11.8 Å². The predicted octanol–water partition coefficient (Wildman–Crippen LogP) is 5.37. The third kappa shape index (κ3) is 4.40. The van der Waals surface area contributed by atoms with Crippen molar-refractivity contribution in [2.75, 3.05) is 18.0 Å². The first-order chi connectivity index (χ1) is 16.4. The van der Waals surface area contributed by atoms with Gasteiger partial charge >= 0.3 is 0 Å². The van der Waals surface area contributed by atoms with Crippen LogP contribution in [0.3, 0.4) is 0 Å². The first-order valence-electron chi connectivity index (χ1n) is 12.2. The summed E-state index contributed by atoms with van der Waals surface area (Å²) in [5.41, 5.74) is 11.9. The van der Waals surface area contributed by atoms with E-state index in [4.69, 9.17) is 15.7 Å². The Labute approximate surface area is 201 Å². The maximum absolute atomic E-state index is 13.8. The molecule has 0 saturated carbocycles. The molecule has 1 unspecified atom stereocenters. The van der Waals surface area contributed by atoms with Crippen LogP contribution in [0.25, 0.3) is 16.8 Å². The summed E-state index contributed by atoms with van der Waals surface area (Å²) in [6.07, 6.45) is 7.47. The SMILES string of the molecule is CC(C)(Cc1ccccc1)C(=O)C1=CCC(N)c2ncc(-c3cccc(N4CCCC4)c3)nc21. The number of carbonyl (C=O) groups excluding carboxylic acids is 1. The molecule has 2 aromatic carbocycles. The normalized spacial score (nSPS) is 17.9. The van der Waals surface area contributed by atoms with Crippen molar-refractivity contribution < 1.29 is 4.79 Å². The summed E-state index contributed by atoms with van der Waals surface area (Å²) >= 11 is 0. The smallest absolute Gasteiger partial charge is 0.170 e. The van der Waals surface area contributed by atoms with Gasteiger partial charge in [-0.1, -0.05) is 62.4 Å². The zero-order chi connectivity index (χ0) is 23.7. The fourth-order valence-corrected chi connectivity index (χ4v) is 5.05. The van der Waals surface area contributed by atoms with Crippen molar-refractivity contribution >= 4 is 17.0 Å². The average molecular weight is 453 g/mol. The molecule has 0 radical (unpaired) electrons. The molecule has 1 aliphatic carbocycles. The van der Waals surface area contributed by atoms with Crippen LogP contribution in [0.4, 0.5) is 5.69 Å². The molecule has 5 nitrogen and oxygen atoms in total. The van der Waals surface area contributed by atoms with Gasteiger partial charge in [-0.2, -0.15) is 0 Å². The van der Waals surface area contributed by atoms with Gasteiger partial charge in [0.15, 0.2) is 5.78 Å². The molecule has 0 spiro atoms. The van der Waals surface area contributed by atoms with E-state index in [1.54, 1.807) is 6.20 Å². The third-order valence-corrected chi connectivity index (χ3v) is 6.94. The van der Waals surface area contributed by atoms with Crippen molar-refractivity contribution in [3.8, 4) is 11.3 Å². The second-order valence-corrected chi connectivity index (χ2v) is 10.1. The zero-order valence-electron chi connectivity index (χ0n) is 20.0. The topological polar surface area (TPSA) is 72.1 Å². The van der Waals surface area contributed by atoms with E-state index in [9.17, 15) is 4.79 Å². The number of carbonyl (C=O) groups is 1. The van der Waals surface area contributed by atoms with Gasteiger partial charge in [0.1, 0.15) is 0 Å². The van der Waals surface area contributed by atoms with Gasteiger partial charge in [0.25, 0.3) is 0 Å². The Balaban J connectivity index is 1.48. The summed E-state index contributed by atoms with van der Waals surface area (Å²) in [5, 5.41) is 0. The van der Waals surface area contributed by atoms with Gasteiger partial charge in [-0.05, 0) is 43.4 Å². The Bertz CT molecular complexity index is 1230. The second-order valence-electron chi connectivity index (χ2n) is 10.1. The number of hydrogen-bond acceptors (Lipinski definition) is 5. The van der Waals surface area contributed by atoms with Gasteiger partial charge in [0.2, 0.25) is 0 Å². The van der Waals surface area contributed by atoms with E-state index in [0.29, 0.717) is 29.8 Å². The van der Waals surface area contributed by atoms with Crippen molar-refractivity contribution in [1.29, 1.82) is 0 Å². The lowest BCUT2D eigenvalue weighted by Gasteiger charge is -2.28. The number of allylic oxidation sites excluding steroid dienone is 1. The molecule has 1 saturated heterocycles. The minimum Gasteiger partial charge on any atom is -0.372 e. The number of fused-ring (bicyclic) bond motifs is 1. The minimum absolute atomic E-state index is 0.0850. The quantitative estimate of drug-likeness (QED) is 0.544. The minimum atomic E-state index is -0.570. The van der Waals surface area contributed by atoms with Gasteiger partial charge < -0.3 is 10.6 Å². The Hall–Kier alpha value is -3.31. The highest BCUT2D eigenvalue weighted by Crippen LogP contribution is 2.37. The van der Waals surface area contributed by atoms with Crippen LogP contribution in [0.1, 0.15) is 56.1 Å². The maximum atomic E-state index is 13.8. The number of nitrogens with two attached hydrogens (primary N) is 1. The van der Waals surface area contributed by atoms with E-state index in [1.807, 2.05) is 38.1 Å². The Morgan fingerprint density at radius 1 is 1.09 bits per heavy atom. The lowest BCUT2D eigenvalue weighted by Crippen LogP contribution is -2.30. The molecule has 1 aliphatic heterocycles. The number of nitrogens with zero attached hydrogens (tertiary/aromatic N) is 3. The largest absolute Gasteiger partial charge is 0.372 e. The molecule has 0 bridgehead atoms. The number of Topliss-reactive ketones (excluding diaryl/α,β-unsaturated/α-hetero) is 1. The van der Waals surface area contributed by atoms with Gasteiger partial charge in [0, 0.05) is 35.3 Å². The first kappa shape index (κ1) is 22.5. The lowest BCUT2D eigenvalue weighted by atomic mass is 9.76. The average Bonchev–Trinajstić information content (AvgIpc) is 3.39. The van der Waals surface area contributed by atoms with Crippen molar-refractivity contribution in [2.45, 2.75) is 45.6 Å². The first-order valence-corrected chi connectivity index (χ1v) is 12.2. The van der Waals surface area contributed by atoms with Crippen LogP contribution in [0.15, 0.2) is 66.9 Å². The fourth-order valence-electron chi connectivity index (χ4n) is 5.05. The lowest BCUT2D eigenvalue weighted by molar-refractivity contribution is -0.121. The predicted molar refractivity (Wildman–Crippen MR) is 137 cm³/mol. The molecule has 1 fully saturated rings. The summed E-state index contributed by atoms with van der Waals surface area (Å²) in [6, 6.07) is 18.4. The molecule has 2 heterocycles. The van der Waals surface area contributed by atoms with E-state index in [0.717, 1.165) is 29.9 Å². The van der Waals surface area contributed by atoms with Crippen molar-refractivity contribution in [2.24, 2.45) is 11.1 Å². The highest BCUT2D eigenvalue weighted by molar-refractivity contribution is 6.23.